The van der Waals surface area contributed by atoms with Gasteiger partial charge >= 0.3 is 0 Å². The van der Waals surface area contributed by atoms with Crippen LogP contribution in [0.4, 0.5) is 0 Å². The topological polar surface area (TPSA) is 90.4 Å². The van der Waals surface area contributed by atoms with Gasteiger partial charge in [-0.2, -0.15) is 0 Å². The van der Waals surface area contributed by atoms with Gasteiger partial charge in [-0.05, 0) is 24.8 Å². The quantitative estimate of drug-likeness (QED) is 0.255. The first-order valence-electron chi connectivity index (χ1n) is 14.4. The van der Waals surface area contributed by atoms with E-state index in [2.05, 4.69) is 36.0 Å². The molecule has 1 N–H and O–H groups in total. The number of rotatable bonds is 14. The SMILES string of the molecule is C=CCN(CCCC)C(=O)C1N([C@@H](CC)CO)C(=O)[C@@H]2[C@@H](C(=O)N(CC=C)Cc3ccccc3)[C@@H]3OC12CC3Br. The van der Waals surface area contributed by atoms with E-state index >= 15 is 0 Å². The molecule has 1 aromatic carbocycles. The summed E-state index contributed by atoms with van der Waals surface area (Å²) in [6, 6.07) is 8.23. The van der Waals surface area contributed by atoms with Crippen molar-refractivity contribution in [3.05, 3.63) is 61.2 Å². The van der Waals surface area contributed by atoms with Gasteiger partial charge in [0, 0.05) is 31.0 Å². The van der Waals surface area contributed by atoms with Crippen molar-refractivity contribution in [2.45, 2.75) is 74.7 Å². The Morgan fingerprint density at radius 1 is 1.18 bits per heavy atom. The normalized spacial score (nSPS) is 29.2. The molecule has 2 bridgehead atoms. The lowest BCUT2D eigenvalue weighted by Crippen LogP contribution is -2.59. The van der Waals surface area contributed by atoms with E-state index in [0.29, 0.717) is 39.0 Å². The number of hydrogen-bond acceptors (Lipinski definition) is 5. The van der Waals surface area contributed by atoms with Gasteiger partial charge in [-0.1, -0.05) is 78.7 Å². The Bertz CT molecular complexity index is 1100. The summed E-state index contributed by atoms with van der Waals surface area (Å²) < 4.78 is 6.68. The number of carbonyl (C=O) groups excluding carboxylic acids is 3. The molecule has 7 atom stereocenters. The molecular formula is C31H42BrN3O5. The van der Waals surface area contributed by atoms with Crippen LogP contribution in [0.5, 0.6) is 0 Å². The number of hydrogen-bond donors (Lipinski definition) is 1. The molecule has 3 aliphatic rings. The number of ether oxygens (including phenoxy) is 1. The second kappa shape index (κ2) is 13.0. The molecule has 8 nitrogen and oxygen atoms in total. The number of halogens is 1. The Hall–Kier alpha value is -2.49. The van der Waals surface area contributed by atoms with Crippen LogP contribution in [0.2, 0.25) is 0 Å². The van der Waals surface area contributed by atoms with Crippen molar-refractivity contribution in [3.8, 4) is 0 Å². The first-order valence-corrected chi connectivity index (χ1v) is 15.3. The van der Waals surface area contributed by atoms with E-state index in [9.17, 15) is 19.5 Å². The zero-order valence-corrected chi connectivity index (χ0v) is 25.2. The lowest BCUT2D eigenvalue weighted by atomic mass is 9.70. The predicted octanol–water partition coefficient (Wildman–Crippen LogP) is 3.53. The first-order chi connectivity index (χ1) is 19.3. The molecule has 0 radical (unpaired) electrons. The largest absolute Gasteiger partial charge is 0.394 e. The fourth-order valence-corrected chi connectivity index (χ4v) is 7.75. The molecule has 218 valence electrons. The summed E-state index contributed by atoms with van der Waals surface area (Å²) in [5.74, 6) is -2.25. The maximum absolute atomic E-state index is 14.3. The summed E-state index contributed by atoms with van der Waals surface area (Å²) in [6.07, 6.45) is 5.47. The Morgan fingerprint density at radius 3 is 2.45 bits per heavy atom. The van der Waals surface area contributed by atoms with E-state index < -0.39 is 35.6 Å². The van der Waals surface area contributed by atoms with Crippen LogP contribution in [-0.4, -0.2) is 92.4 Å². The molecule has 1 aromatic rings. The van der Waals surface area contributed by atoms with E-state index in [1.807, 2.05) is 37.3 Å². The summed E-state index contributed by atoms with van der Waals surface area (Å²) in [4.78, 5) is 47.7. The van der Waals surface area contributed by atoms with Crippen molar-refractivity contribution in [2.24, 2.45) is 11.8 Å². The average molecular weight is 617 g/mol. The minimum absolute atomic E-state index is 0.183. The second-order valence-corrected chi connectivity index (χ2v) is 12.2. The molecule has 3 heterocycles. The van der Waals surface area contributed by atoms with Gasteiger partial charge in [0.05, 0.1) is 30.6 Å². The van der Waals surface area contributed by atoms with E-state index in [-0.39, 0.29) is 29.2 Å². The Labute approximate surface area is 246 Å². The number of fused-ring (bicyclic) bond motifs is 1. The minimum Gasteiger partial charge on any atom is -0.394 e. The number of alkyl halides is 1. The van der Waals surface area contributed by atoms with Crippen molar-refractivity contribution in [1.29, 1.82) is 0 Å². The number of nitrogens with zero attached hydrogens (tertiary/aromatic N) is 3. The molecule has 3 amide bonds. The lowest BCUT2D eigenvalue weighted by Gasteiger charge is -2.39. The number of likely N-dealkylation sites (tertiary alicyclic amines) is 1. The molecule has 0 aromatic heterocycles. The molecule has 3 saturated heterocycles. The third-order valence-electron chi connectivity index (χ3n) is 8.64. The van der Waals surface area contributed by atoms with Crippen molar-refractivity contribution in [3.63, 3.8) is 0 Å². The molecule has 3 fully saturated rings. The van der Waals surface area contributed by atoms with Crippen molar-refractivity contribution >= 4 is 33.7 Å². The van der Waals surface area contributed by atoms with Crippen molar-refractivity contribution in [1.82, 2.24) is 14.7 Å². The number of benzene rings is 1. The summed E-state index contributed by atoms with van der Waals surface area (Å²) >= 11 is 3.75. The van der Waals surface area contributed by atoms with Crippen LogP contribution >= 0.6 is 15.9 Å². The highest BCUT2D eigenvalue weighted by molar-refractivity contribution is 9.09. The van der Waals surface area contributed by atoms with E-state index in [0.717, 1.165) is 18.4 Å². The van der Waals surface area contributed by atoms with Crippen LogP contribution in [0.15, 0.2) is 55.6 Å². The number of amides is 3. The summed E-state index contributed by atoms with van der Waals surface area (Å²) in [5.41, 5.74) is -0.185. The molecule has 1 spiro atoms. The fraction of sp³-hybridized carbons (Fsp3) is 0.581. The van der Waals surface area contributed by atoms with Gasteiger partial charge in [0.1, 0.15) is 11.6 Å². The van der Waals surface area contributed by atoms with Crippen LogP contribution in [-0.2, 0) is 25.7 Å². The highest BCUT2D eigenvalue weighted by atomic mass is 79.9. The zero-order chi connectivity index (χ0) is 29.0. The van der Waals surface area contributed by atoms with Crippen molar-refractivity contribution in [2.75, 3.05) is 26.2 Å². The molecule has 3 unspecified atom stereocenters. The third-order valence-corrected chi connectivity index (χ3v) is 9.49. The van der Waals surface area contributed by atoms with Gasteiger partial charge in [-0.25, -0.2) is 0 Å². The molecular weight excluding hydrogens is 574 g/mol. The molecule has 3 aliphatic heterocycles. The minimum atomic E-state index is -1.16. The number of aliphatic hydroxyl groups is 1. The average Bonchev–Trinajstić information content (AvgIpc) is 3.55. The third kappa shape index (κ3) is 5.28. The molecule has 0 saturated carbocycles. The summed E-state index contributed by atoms with van der Waals surface area (Å²) in [6.45, 7) is 12.9. The van der Waals surface area contributed by atoms with Gasteiger partial charge in [-0.3, -0.25) is 14.4 Å². The van der Waals surface area contributed by atoms with Gasteiger partial charge in [0.2, 0.25) is 17.7 Å². The molecule has 40 heavy (non-hydrogen) atoms. The van der Waals surface area contributed by atoms with Crippen LogP contribution < -0.4 is 0 Å². The van der Waals surface area contributed by atoms with E-state index in [1.165, 1.54) is 0 Å². The van der Waals surface area contributed by atoms with Gasteiger partial charge in [0.25, 0.3) is 0 Å². The monoisotopic (exact) mass is 615 g/mol. The van der Waals surface area contributed by atoms with Gasteiger partial charge in [0.15, 0.2) is 0 Å². The molecule has 4 rings (SSSR count). The lowest BCUT2D eigenvalue weighted by molar-refractivity contribution is -0.152. The predicted molar refractivity (Wildman–Crippen MR) is 157 cm³/mol. The zero-order valence-electron chi connectivity index (χ0n) is 23.6. The van der Waals surface area contributed by atoms with Crippen LogP contribution in [0, 0.1) is 11.8 Å². The number of aliphatic hydroxyl groups excluding tert-OH is 1. The maximum Gasteiger partial charge on any atom is 0.248 e. The maximum atomic E-state index is 14.3. The summed E-state index contributed by atoms with van der Waals surface area (Å²) in [5, 5.41) is 10.3. The van der Waals surface area contributed by atoms with Crippen molar-refractivity contribution < 1.29 is 24.2 Å². The van der Waals surface area contributed by atoms with Crippen LogP contribution in [0.3, 0.4) is 0 Å². The van der Waals surface area contributed by atoms with E-state index in [4.69, 9.17) is 4.74 Å². The van der Waals surface area contributed by atoms with Crippen LogP contribution in [0.25, 0.3) is 0 Å². The van der Waals surface area contributed by atoms with Gasteiger partial charge in [-0.15, -0.1) is 13.2 Å². The van der Waals surface area contributed by atoms with Gasteiger partial charge < -0.3 is 24.5 Å². The Balaban J connectivity index is 1.76. The fourth-order valence-electron chi connectivity index (χ4n) is 6.81. The highest BCUT2D eigenvalue weighted by Crippen LogP contribution is 2.61. The summed E-state index contributed by atoms with van der Waals surface area (Å²) in [7, 11) is 0. The Kier molecular flexibility index (Phi) is 9.90. The van der Waals surface area contributed by atoms with E-state index in [1.54, 1.807) is 26.9 Å². The Morgan fingerprint density at radius 2 is 1.85 bits per heavy atom. The second-order valence-electron chi connectivity index (χ2n) is 11.1. The number of carbonyl (C=O) groups is 3. The standard InChI is InChI=1S/C31H42BrN3O5/c1-5-9-17-33(15-6-2)30(39)27-31-18-23(32)26(40-31)24(25(31)29(38)35(27)22(8-4)20-36)28(37)34(16-7-3)19-21-13-11-10-12-14-21/h6-7,10-14,22-27,36H,2-3,5,8-9,15-20H2,1,4H3/t22-,23?,24+,25-,26+,27?,31?/m0/s1. The molecule has 9 heteroatoms. The number of unbranched alkanes of at least 4 members (excludes halogenated alkanes) is 1. The molecule has 0 aliphatic carbocycles. The highest BCUT2D eigenvalue weighted by Gasteiger charge is 2.77. The first kappa shape index (κ1) is 30.5. The van der Waals surface area contributed by atoms with Crippen LogP contribution in [0.1, 0.15) is 45.1 Å². The smallest absolute Gasteiger partial charge is 0.248 e.